The van der Waals surface area contributed by atoms with Crippen molar-refractivity contribution < 1.29 is 0 Å². The molecule has 0 aromatic carbocycles. The van der Waals surface area contributed by atoms with Crippen LogP contribution in [0.5, 0.6) is 0 Å². The molecule has 1 aromatic rings. The molecule has 0 bridgehead atoms. The predicted octanol–water partition coefficient (Wildman–Crippen LogP) is 1.67. The molecule has 1 rings (SSSR count). The second-order valence-electron chi connectivity index (χ2n) is 3.18. The molecule has 3 nitrogen and oxygen atoms in total. The van der Waals surface area contributed by atoms with Crippen molar-refractivity contribution in [2.75, 3.05) is 0 Å². The third-order valence-corrected chi connectivity index (χ3v) is 2.50. The summed E-state index contributed by atoms with van der Waals surface area (Å²) in [5.41, 5.74) is 4.94. The first-order valence-corrected chi connectivity index (χ1v) is 5.17. The van der Waals surface area contributed by atoms with Gasteiger partial charge in [0, 0.05) is 17.0 Å². The molecule has 13 heavy (non-hydrogen) atoms. The van der Waals surface area contributed by atoms with Gasteiger partial charge in [-0.2, -0.15) is 11.3 Å². The van der Waals surface area contributed by atoms with Crippen LogP contribution in [0.25, 0.3) is 0 Å². The number of nitrogens with one attached hydrogen (secondary N) is 1. The van der Waals surface area contributed by atoms with Crippen LogP contribution in [0.3, 0.4) is 0 Å². The van der Waals surface area contributed by atoms with Gasteiger partial charge in [-0.1, -0.05) is 0 Å². The molecule has 0 saturated carbocycles. The summed E-state index contributed by atoms with van der Waals surface area (Å²) in [6.45, 7) is 6.11. The molecule has 0 fully saturated rings. The van der Waals surface area contributed by atoms with E-state index in [0.29, 0.717) is 0 Å². The lowest BCUT2D eigenvalue weighted by molar-refractivity contribution is 0.820. The van der Waals surface area contributed by atoms with E-state index in [1.807, 2.05) is 13.8 Å². The maximum atomic E-state index is 5.40. The van der Waals surface area contributed by atoms with Gasteiger partial charge in [0.15, 0.2) is 0 Å². The summed E-state index contributed by atoms with van der Waals surface area (Å²) in [7, 11) is 0. The number of nitrogens with two attached hydrogens (primary N) is 1. The van der Waals surface area contributed by atoms with E-state index in [0.717, 1.165) is 11.4 Å². The Bertz CT molecular complexity index is 302. The summed E-state index contributed by atoms with van der Waals surface area (Å²) in [5.74, 6) is 6.18. The second-order valence-corrected chi connectivity index (χ2v) is 3.93. The van der Waals surface area contributed by atoms with Gasteiger partial charge >= 0.3 is 0 Å². The van der Waals surface area contributed by atoms with Crippen molar-refractivity contribution in [1.82, 2.24) is 5.43 Å². The molecule has 0 atom stereocenters. The van der Waals surface area contributed by atoms with Crippen molar-refractivity contribution >= 4 is 17.2 Å². The molecule has 72 valence electrons. The van der Waals surface area contributed by atoms with E-state index >= 15 is 0 Å². The summed E-state index contributed by atoms with van der Waals surface area (Å²) < 4.78 is 0. The molecule has 4 heteroatoms. The zero-order valence-corrected chi connectivity index (χ0v) is 8.98. The summed E-state index contributed by atoms with van der Waals surface area (Å²) in [6.07, 6.45) is 0. The average molecular weight is 197 g/mol. The fraction of sp³-hybridized carbons (Fsp3) is 0.444. The highest BCUT2D eigenvalue weighted by molar-refractivity contribution is 7.08. The Balaban J connectivity index is 2.97. The average Bonchev–Trinajstić information content (AvgIpc) is 2.47. The number of aryl methyl sites for hydroxylation is 1. The zero-order valence-electron chi connectivity index (χ0n) is 8.16. The van der Waals surface area contributed by atoms with E-state index in [2.05, 4.69) is 28.1 Å². The van der Waals surface area contributed by atoms with Crippen molar-refractivity contribution in [2.45, 2.75) is 26.8 Å². The molecule has 1 aromatic heterocycles. The van der Waals surface area contributed by atoms with E-state index in [1.54, 1.807) is 11.3 Å². The molecule has 0 radical (unpaired) electrons. The Morgan fingerprint density at radius 1 is 1.54 bits per heavy atom. The second kappa shape index (κ2) is 4.39. The number of amidine groups is 1. The Morgan fingerprint density at radius 2 is 2.23 bits per heavy atom. The van der Waals surface area contributed by atoms with Gasteiger partial charge in [0.2, 0.25) is 0 Å². The van der Waals surface area contributed by atoms with Crippen LogP contribution in [0.1, 0.15) is 25.0 Å². The summed E-state index contributed by atoms with van der Waals surface area (Å²) in [6, 6.07) is 0.255. The van der Waals surface area contributed by atoms with Crippen LogP contribution in [0.15, 0.2) is 15.8 Å². The first-order chi connectivity index (χ1) is 6.15. The SMILES string of the molecule is Cc1cscc1C(=NC(C)C)NN. The normalized spacial score (nSPS) is 12.2. The van der Waals surface area contributed by atoms with Gasteiger partial charge in [0.05, 0.1) is 0 Å². The molecule has 0 aliphatic carbocycles. The van der Waals surface area contributed by atoms with Crippen LogP contribution < -0.4 is 11.3 Å². The van der Waals surface area contributed by atoms with E-state index in [4.69, 9.17) is 5.84 Å². The summed E-state index contributed by atoms with van der Waals surface area (Å²) >= 11 is 1.66. The van der Waals surface area contributed by atoms with E-state index in [-0.39, 0.29) is 6.04 Å². The maximum absolute atomic E-state index is 5.40. The molecular formula is C9H15N3S. The minimum Gasteiger partial charge on any atom is -0.308 e. The van der Waals surface area contributed by atoms with Gasteiger partial charge in [-0.15, -0.1) is 0 Å². The quantitative estimate of drug-likeness (QED) is 0.328. The topological polar surface area (TPSA) is 50.4 Å². The maximum Gasteiger partial charge on any atom is 0.143 e. The molecule has 0 amide bonds. The molecule has 0 aliphatic rings. The van der Waals surface area contributed by atoms with Crippen LogP contribution in [0, 0.1) is 6.92 Å². The van der Waals surface area contributed by atoms with Crippen molar-refractivity contribution in [3.8, 4) is 0 Å². The largest absolute Gasteiger partial charge is 0.308 e. The van der Waals surface area contributed by atoms with E-state index in [9.17, 15) is 0 Å². The smallest absolute Gasteiger partial charge is 0.143 e. The molecule has 0 spiro atoms. The molecular weight excluding hydrogens is 182 g/mol. The standard InChI is InChI=1S/C9H15N3S/c1-6(2)11-9(12-10)8-5-13-4-7(8)3/h4-6H,10H2,1-3H3,(H,11,12). The van der Waals surface area contributed by atoms with Crippen LogP contribution >= 0.6 is 11.3 Å². The van der Waals surface area contributed by atoms with Crippen molar-refractivity contribution in [3.63, 3.8) is 0 Å². The number of nitrogens with zero attached hydrogens (tertiary/aromatic N) is 1. The van der Waals surface area contributed by atoms with Gasteiger partial charge in [0.25, 0.3) is 0 Å². The molecule has 0 aliphatic heterocycles. The highest BCUT2D eigenvalue weighted by Gasteiger charge is 2.06. The first kappa shape index (κ1) is 10.2. The highest BCUT2D eigenvalue weighted by atomic mass is 32.1. The van der Waals surface area contributed by atoms with Crippen molar-refractivity contribution in [3.05, 3.63) is 21.9 Å². The fourth-order valence-electron chi connectivity index (χ4n) is 1.05. The lowest BCUT2D eigenvalue weighted by atomic mass is 10.2. The number of aliphatic imine (C=N–C) groups is 1. The van der Waals surface area contributed by atoms with Gasteiger partial charge < -0.3 is 5.43 Å². The van der Waals surface area contributed by atoms with Crippen LogP contribution in [0.2, 0.25) is 0 Å². The molecule has 3 N–H and O–H groups in total. The van der Waals surface area contributed by atoms with Crippen molar-refractivity contribution in [2.24, 2.45) is 10.8 Å². The number of hydrazine groups is 1. The molecule has 1 heterocycles. The van der Waals surface area contributed by atoms with E-state index in [1.165, 1.54) is 5.56 Å². The van der Waals surface area contributed by atoms with Crippen LogP contribution in [0.4, 0.5) is 0 Å². The van der Waals surface area contributed by atoms with Gasteiger partial charge in [-0.3, -0.25) is 4.99 Å². The van der Waals surface area contributed by atoms with Crippen molar-refractivity contribution in [1.29, 1.82) is 0 Å². The third-order valence-electron chi connectivity index (χ3n) is 1.63. The van der Waals surface area contributed by atoms with Crippen LogP contribution in [-0.2, 0) is 0 Å². The fourth-order valence-corrected chi connectivity index (χ4v) is 1.88. The Labute approximate surface area is 82.7 Å². The number of hydrogen-bond acceptors (Lipinski definition) is 3. The lowest BCUT2D eigenvalue weighted by Crippen LogP contribution is -2.32. The number of thiophene rings is 1. The molecule has 0 unspecified atom stereocenters. The lowest BCUT2D eigenvalue weighted by Gasteiger charge is -2.06. The summed E-state index contributed by atoms with van der Waals surface area (Å²) in [5, 5.41) is 4.14. The highest BCUT2D eigenvalue weighted by Crippen LogP contribution is 2.13. The molecule has 0 saturated heterocycles. The minimum atomic E-state index is 0.255. The first-order valence-electron chi connectivity index (χ1n) is 4.22. The Morgan fingerprint density at radius 3 is 2.62 bits per heavy atom. The minimum absolute atomic E-state index is 0.255. The third kappa shape index (κ3) is 2.54. The predicted molar refractivity (Wildman–Crippen MR) is 58.1 cm³/mol. The Hall–Kier alpha value is -0.870. The van der Waals surface area contributed by atoms with Gasteiger partial charge in [-0.05, 0) is 31.7 Å². The number of hydrogen-bond donors (Lipinski definition) is 2. The van der Waals surface area contributed by atoms with Gasteiger partial charge in [0.1, 0.15) is 5.84 Å². The monoisotopic (exact) mass is 197 g/mol. The number of rotatable bonds is 2. The zero-order chi connectivity index (χ0) is 9.84. The van der Waals surface area contributed by atoms with Gasteiger partial charge in [-0.25, -0.2) is 5.84 Å². The summed E-state index contributed by atoms with van der Waals surface area (Å²) in [4.78, 5) is 4.39. The van der Waals surface area contributed by atoms with Crippen LogP contribution in [-0.4, -0.2) is 11.9 Å². The Kier molecular flexibility index (Phi) is 3.45. The van der Waals surface area contributed by atoms with E-state index < -0.39 is 0 Å².